The van der Waals surface area contributed by atoms with Crippen LogP contribution in [0.5, 0.6) is 0 Å². The van der Waals surface area contributed by atoms with Crippen LogP contribution in [0.1, 0.15) is 26.2 Å². The predicted octanol–water partition coefficient (Wildman–Crippen LogP) is 1.52. The number of hydrogen-bond acceptors (Lipinski definition) is 2. The summed E-state index contributed by atoms with van der Waals surface area (Å²) in [5.74, 6) is 0.852. The molecule has 1 rings (SSSR count). The van der Waals surface area contributed by atoms with E-state index in [2.05, 4.69) is 0 Å². The first kappa shape index (κ1) is 7.27. The van der Waals surface area contributed by atoms with Crippen LogP contribution in [-0.2, 0) is 4.79 Å². The molecule has 0 aromatic carbocycles. The highest BCUT2D eigenvalue weighted by molar-refractivity contribution is 5.83. The molecule has 1 aliphatic rings. The predicted molar refractivity (Wildman–Crippen MR) is 37.1 cm³/mol. The molecule has 0 spiro atoms. The Bertz CT molecular complexity index is 176. The fraction of sp³-hybridized carbons (Fsp3) is 0.750. The normalized spacial score (nSPS) is 19.6. The average molecular weight is 137 g/mol. The molecule has 0 N–H and O–H groups in total. The minimum Gasteiger partial charge on any atom is -0.298 e. The van der Waals surface area contributed by atoms with E-state index in [9.17, 15) is 4.79 Å². The lowest BCUT2D eigenvalue weighted by molar-refractivity contribution is -0.121. The number of nitrogens with zero attached hydrogens (tertiary/aromatic N) is 1. The van der Waals surface area contributed by atoms with Crippen molar-refractivity contribution in [3.05, 3.63) is 0 Å². The quantitative estimate of drug-likeness (QED) is 0.591. The van der Waals surface area contributed by atoms with E-state index in [0.717, 1.165) is 0 Å². The van der Waals surface area contributed by atoms with Crippen molar-refractivity contribution >= 4 is 5.78 Å². The zero-order chi connectivity index (χ0) is 7.56. The second kappa shape index (κ2) is 2.83. The van der Waals surface area contributed by atoms with Gasteiger partial charge in [0.15, 0.2) is 0 Å². The molecule has 0 aromatic heterocycles. The second-order valence-electron chi connectivity index (χ2n) is 2.93. The van der Waals surface area contributed by atoms with Gasteiger partial charge in [0.2, 0.25) is 0 Å². The van der Waals surface area contributed by atoms with Gasteiger partial charge in [-0.2, -0.15) is 5.26 Å². The number of nitriles is 1. The number of carbonyl (C=O) groups excluding carboxylic acids is 1. The molecule has 0 aliphatic heterocycles. The maximum Gasteiger partial charge on any atom is 0.149 e. The first-order valence-electron chi connectivity index (χ1n) is 3.65. The van der Waals surface area contributed by atoms with Crippen LogP contribution in [0.25, 0.3) is 0 Å². The lowest BCUT2D eigenvalue weighted by atomic mass is 9.99. The molecule has 0 saturated heterocycles. The van der Waals surface area contributed by atoms with Crippen molar-refractivity contribution in [1.29, 1.82) is 5.26 Å². The SMILES string of the molecule is CC(C(=O)CC#N)C1CC1. The van der Waals surface area contributed by atoms with Crippen molar-refractivity contribution < 1.29 is 4.79 Å². The van der Waals surface area contributed by atoms with Gasteiger partial charge in [-0.3, -0.25) is 4.79 Å². The molecule has 1 fully saturated rings. The smallest absolute Gasteiger partial charge is 0.149 e. The maximum absolute atomic E-state index is 11.0. The van der Waals surface area contributed by atoms with Gasteiger partial charge in [-0.15, -0.1) is 0 Å². The van der Waals surface area contributed by atoms with Gasteiger partial charge in [0.1, 0.15) is 5.78 Å². The van der Waals surface area contributed by atoms with E-state index in [4.69, 9.17) is 5.26 Å². The van der Waals surface area contributed by atoms with Gasteiger partial charge >= 0.3 is 0 Å². The molecule has 0 heterocycles. The molecule has 0 aromatic rings. The Morgan fingerprint density at radius 2 is 2.40 bits per heavy atom. The molecule has 1 saturated carbocycles. The Balaban J connectivity index is 2.33. The Hall–Kier alpha value is -0.840. The number of rotatable bonds is 3. The van der Waals surface area contributed by atoms with E-state index in [0.29, 0.717) is 5.92 Å². The summed E-state index contributed by atoms with van der Waals surface area (Å²) in [7, 11) is 0. The van der Waals surface area contributed by atoms with E-state index in [1.54, 1.807) is 0 Å². The summed E-state index contributed by atoms with van der Waals surface area (Å²) in [5, 5.41) is 8.22. The summed E-state index contributed by atoms with van der Waals surface area (Å²) in [5.41, 5.74) is 0. The minimum atomic E-state index is 0.0949. The van der Waals surface area contributed by atoms with Gasteiger partial charge in [0.05, 0.1) is 12.5 Å². The van der Waals surface area contributed by atoms with E-state index in [1.165, 1.54) is 12.8 Å². The van der Waals surface area contributed by atoms with Crippen molar-refractivity contribution in [2.24, 2.45) is 11.8 Å². The van der Waals surface area contributed by atoms with Gasteiger partial charge in [-0.05, 0) is 18.8 Å². The third-order valence-electron chi connectivity index (χ3n) is 2.09. The Labute approximate surface area is 60.8 Å². The van der Waals surface area contributed by atoms with E-state index in [-0.39, 0.29) is 18.1 Å². The summed E-state index contributed by atoms with van der Waals surface area (Å²) < 4.78 is 0. The van der Waals surface area contributed by atoms with Gasteiger partial charge in [-0.25, -0.2) is 0 Å². The van der Waals surface area contributed by atoms with Crippen molar-refractivity contribution in [3.8, 4) is 6.07 Å². The van der Waals surface area contributed by atoms with Crippen molar-refractivity contribution in [2.75, 3.05) is 0 Å². The van der Waals surface area contributed by atoms with Crippen LogP contribution < -0.4 is 0 Å². The Morgan fingerprint density at radius 3 is 2.80 bits per heavy atom. The average Bonchev–Trinajstić information content (AvgIpc) is 2.68. The van der Waals surface area contributed by atoms with Crippen LogP contribution in [0, 0.1) is 23.2 Å². The summed E-state index contributed by atoms with van der Waals surface area (Å²) in [6.45, 7) is 1.93. The topological polar surface area (TPSA) is 40.9 Å². The molecular weight excluding hydrogens is 126 g/mol. The molecule has 0 radical (unpaired) electrons. The highest BCUT2D eigenvalue weighted by Crippen LogP contribution is 2.37. The van der Waals surface area contributed by atoms with E-state index in [1.807, 2.05) is 13.0 Å². The lowest BCUT2D eigenvalue weighted by Gasteiger charge is -2.03. The van der Waals surface area contributed by atoms with Crippen LogP contribution in [-0.4, -0.2) is 5.78 Å². The van der Waals surface area contributed by atoms with Crippen LogP contribution in [0.2, 0.25) is 0 Å². The van der Waals surface area contributed by atoms with Crippen molar-refractivity contribution in [2.45, 2.75) is 26.2 Å². The number of Topliss-reactive ketones (excluding diaryl/α,β-unsaturated/α-hetero) is 1. The standard InChI is InChI=1S/C8H11NO/c1-6(7-2-3-7)8(10)4-5-9/h6-7H,2-4H2,1H3. The Morgan fingerprint density at radius 1 is 1.80 bits per heavy atom. The first-order chi connectivity index (χ1) is 4.75. The summed E-state index contributed by atoms with van der Waals surface area (Å²) in [4.78, 5) is 11.0. The fourth-order valence-corrected chi connectivity index (χ4v) is 1.10. The molecule has 2 nitrogen and oxygen atoms in total. The maximum atomic E-state index is 11.0. The van der Waals surface area contributed by atoms with Crippen LogP contribution in [0.4, 0.5) is 0 Å². The lowest BCUT2D eigenvalue weighted by Crippen LogP contribution is -2.11. The van der Waals surface area contributed by atoms with Crippen molar-refractivity contribution in [3.63, 3.8) is 0 Å². The zero-order valence-corrected chi connectivity index (χ0v) is 6.13. The summed E-state index contributed by atoms with van der Waals surface area (Å²) in [6, 6.07) is 1.88. The van der Waals surface area contributed by atoms with Gasteiger partial charge in [0, 0.05) is 5.92 Å². The number of carbonyl (C=O) groups is 1. The van der Waals surface area contributed by atoms with Crippen LogP contribution in [0.3, 0.4) is 0 Å². The molecular formula is C8H11NO. The zero-order valence-electron chi connectivity index (χ0n) is 6.13. The molecule has 0 amide bonds. The molecule has 1 atom stereocenters. The fourth-order valence-electron chi connectivity index (χ4n) is 1.10. The monoisotopic (exact) mass is 137 g/mol. The highest BCUT2D eigenvalue weighted by atomic mass is 16.1. The number of ketones is 1. The molecule has 1 aliphatic carbocycles. The third-order valence-corrected chi connectivity index (χ3v) is 2.09. The second-order valence-corrected chi connectivity index (χ2v) is 2.93. The van der Waals surface area contributed by atoms with Gasteiger partial charge in [0.25, 0.3) is 0 Å². The van der Waals surface area contributed by atoms with Gasteiger partial charge in [-0.1, -0.05) is 6.92 Å². The largest absolute Gasteiger partial charge is 0.298 e. The van der Waals surface area contributed by atoms with E-state index >= 15 is 0 Å². The van der Waals surface area contributed by atoms with Crippen LogP contribution in [0.15, 0.2) is 0 Å². The third kappa shape index (κ3) is 1.57. The molecule has 0 bridgehead atoms. The summed E-state index contributed by atoms with van der Waals surface area (Å²) >= 11 is 0. The molecule has 2 heteroatoms. The molecule has 54 valence electrons. The first-order valence-corrected chi connectivity index (χ1v) is 3.65. The minimum absolute atomic E-state index is 0.0949. The van der Waals surface area contributed by atoms with Gasteiger partial charge < -0.3 is 0 Å². The highest BCUT2D eigenvalue weighted by Gasteiger charge is 2.31. The molecule has 10 heavy (non-hydrogen) atoms. The van der Waals surface area contributed by atoms with Crippen LogP contribution >= 0.6 is 0 Å². The number of hydrogen-bond donors (Lipinski definition) is 0. The molecule has 1 unspecified atom stereocenters. The van der Waals surface area contributed by atoms with E-state index < -0.39 is 0 Å². The Kier molecular flexibility index (Phi) is 2.06. The van der Waals surface area contributed by atoms with Crippen molar-refractivity contribution in [1.82, 2.24) is 0 Å². The summed E-state index contributed by atoms with van der Waals surface area (Å²) in [6.07, 6.45) is 2.45.